The number of nitrogens with zero attached hydrogens (tertiary/aromatic N) is 3. The van der Waals surface area contributed by atoms with Crippen LogP contribution in [0.3, 0.4) is 0 Å². The molecule has 0 aromatic carbocycles. The minimum atomic E-state index is -1.84. The van der Waals surface area contributed by atoms with Crippen LogP contribution < -0.4 is 0 Å². The maximum atomic E-state index is 10.8. The Balaban J connectivity index is 3.09. The molecule has 0 amide bonds. The number of hydrogen-bond acceptors (Lipinski definition) is 4. The average Bonchev–Trinajstić information content (AvgIpc) is 1.99. The number of rotatable bonds is 1. The Morgan fingerprint density at radius 3 is 2.00 bits per heavy atom. The fraction of sp³-hybridized carbons (Fsp3) is 1.00. The first-order valence-corrected chi connectivity index (χ1v) is 3.35. The van der Waals surface area contributed by atoms with Gasteiger partial charge in [-0.05, 0) is 13.8 Å². The molecular formula is C5H9N3O4. The quantitative estimate of drug-likeness (QED) is 0.324. The number of nitro groups is 1. The van der Waals surface area contributed by atoms with Crippen LogP contribution in [0.15, 0.2) is 0 Å². The summed E-state index contributed by atoms with van der Waals surface area (Å²) in [5, 5.41) is 21.4. The van der Waals surface area contributed by atoms with Gasteiger partial charge in [-0.25, -0.2) is 0 Å². The molecule has 1 rings (SSSR count). The average molecular weight is 175 g/mol. The van der Waals surface area contributed by atoms with Gasteiger partial charge in [-0.15, -0.1) is 0 Å². The maximum Gasteiger partial charge on any atom is 0.500 e. The van der Waals surface area contributed by atoms with Crippen LogP contribution >= 0.6 is 0 Å². The van der Waals surface area contributed by atoms with Gasteiger partial charge in [0, 0.05) is 0 Å². The van der Waals surface area contributed by atoms with Crippen LogP contribution in [0.25, 0.3) is 0 Å². The molecule has 0 aliphatic carbocycles. The predicted molar refractivity (Wildman–Crippen MR) is 38.3 cm³/mol. The van der Waals surface area contributed by atoms with Gasteiger partial charge < -0.3 is 5.21 Å². The highest BCUT2D eigenvalue weighted by atomic mass is 16.7. The predicted octanol–water partition coefficient (Wildman–Crippen LogP) is 0.265. The standard InChI is InChI=1S/C5H9N3O4/c1-4(2)5(3,8(11)12)7(10)6(4)9/h1-3H3. The Labute approximate surface area is 68.2 Å². The molecular weight excluding hydrogens is 166 g/mol. The van der Waals surface area contributed by atoms with Crippen molar-refractivity contribution >= 4 is 0 Å². The van der Waals surface area contributed by atoms with E-state index < -0.39 is 16.1 Å². The lowest BCUT2D eigenvalue weighted by Gasteiger charge is -2.47. The third-order valence-corrected chi connectivity index (χ3v) is 2.53. The van der Waals surface area contributed by atoms with E-state index in [0.717, 1.165) is 6.92 Å². The highest BCUT2D eigenvalue weighted by Crippen LogP contribution is 2.41. The molecule has 0 bridgehead atoms. The number of hydrogen-bond donors (Lipinski definition) is 0. The summed E-state index contributed by atoms with van der Waals surface area (Å²) in [5.74, 6) is 0. The second-order valence-electron chi connectivity index (χ2n) is 3.38. The van der Waals surface area contributed by atoms with Gasteiger partial charge in [0.2, 0.25) is 5.54 Å². The highest BCUT2D eigenvalue weighted by molar-refractivity contribution is 4.95. The van der Waals surface area contributed by atoms with Crippen molar-refractivity contribution in [1.29, 1.82) is 0 Å². The molecule has 68 valence electrons. The molecule has 1 heterocycles. The van der Waals surface area contributed by atoms with E-state index in [2.05, 4.69) is 0 Å². The van der Waals surface area contributed by atoms with Gasteiger partial charge in [-0.1, -0.05) is 0 Å². The molecule has 1 unspecified atom stereocenters. The molecule has 7 nitrogen and oxygen atoms in total. The minimum Gasteiger partial charge on any atom is -0.703 e. The van der Waals surface area contributed by atoms with Gasteiger partial charge in [0.05, 0.1) is 11.8 Å². The van der Waals surface area contributed by atoms with E-state index in [-0.39, 0.29) is 10.0 Å². The van der Waals surface area contributed by atoms with Gasteiger partial charge in [0.1, 0.15) is 4.92 Å². The zero-order chi connectivity index (χ0) is 9.73. The lowest BCUT2D eigenvalue weighted by atomic mass is 9.85. The first kappa shape index (κ1) is 8.85. The van der Waals surface area contributed by atoms with Crippen LogP contribution in [0, 0.1) is 20.2 Å². The largest absolute Gasteiger partial charge is 0.703 e. The van der Waals surface area contributed by atoms with Gasteiger partial charge in [0.15, 0.2) is 4.87 Å². The second kappa shape index (κ2) is 1.92. The monoisotopic (exact) mass is 175 g/mol. The summed E-state index contributed by atoms with van der Waals surface area (Å²) >= 11 is 0. The van der Waals surface area contributed by atoms with Crippen LogP contribution in [-0.4, -0.2) is 26.2 Å². The van der Waals surface area contributed by atoms with Gasteiger partial charge in [-0.3, -0.25) is 10.1 Å². The summed E-state index contributed by atoms with van der Waals surface area (Å²) in [5.41, 5.74) is -3.12. The normalized spacial score (nSPS) is 33.0. The molecule has 7 heteroatoms. The number of hydroxylamine groups is 1. The van der Waals surface area contributed by atoms with Crippen LogP contribution in [0.5, 0.6) is 0 Å². The van der Waals surface area contributed by atoms with Crippen molar-refractivity contribution in [3.63, 3.8) is 0 Å². The van der Waals surface area contributed by atoms with Crippen molar-refractivity contribution in [3.8, 4) is 0 Å². The summed E-state index contributed by atoms with van der Waals surface area (Å²) in [4.78, 5) is 20.4. The van der Waals surface area contributed by atoms with E-state index in [0.29, 0.717) is 0 Å². The van der Waals surface area contributed by atoms with Gasteiger partial charge in [-0.2, -0.15) is 5.17 Å². The van der Waals surface area contributed by atoms with Crippen LogP contribution in [-0.2, 0) is 0 Å². The Morgan fingerprint density at radius 2 is 1.83 bits per heavy atom. The third kappa shape index (κ3) is 0.596. The van der Waals surface area contributed by atoms with Crippen molar-refractivity contribution in [1.82, 2.24) is 5.17 Å². The molecule has 12 heavy (non-hydrogen) atoms. The molecule has 1 atom stereocenters. The van der Waals surface area contributed by atoms with E-state index in [4.69, 9.17) is 0 Å². The van der Waals surface area contributed by atoms with Gasteiger partial charge in [0.25, 0.3) is 0 Å². The topological polar surface area (TPSA) is 89.5 Å². The zero-order valence-electron chi connectivity index (χ0n) is 6.97. The van der Waals surface area contributed by atoms with Crippen molar-refractivity contribution in [3.05, 3.63) is 20.2 Å². The Bertz CT molecular complexity index is 263. The van der Waals surface area contributed by atoms with Crippen LogP contribution in [0.2, 0.25) is 0 Å². The Hall–Kier alpha value is -1.24. The molecule has 1 fully saturated rings. The van der Waals surface area contributed by atoms with E-state index in [1.54, 1.807) is 0 Å². The van der Waals surface area contributed by atoms with Crippen molar-refractivity contribution < 1.29 is 9.79 Å². The molecule has 0 N–H and O–H groups in total. The summed E-state index contributed by atoms with van der Waals surface area (Å²) in [6.07, 6.45) is 0. The first-order valence-electron chi connectivity index (χ1n) is 3.35. The van der Waals surface area contributed by atoms with E-state index >= 15 is 0 Å². The molecule has 0 aromatic rings. The van der Waals surface area contributed by atoms with Crippen molar-refractivity contribution in [2.45, 2.75) is 32.0 Å². The van der Waals surface area contributed by atoms with E-state index in [9.17, 15) is 20.2 Å². The van der Waals surface area contributed by atoms with Crippen LogP contribution in [0.4, 0.5) is 0 Å². The molecule has 0 spiro atoms. The van der Waals surface area contributed by atoms with Crippen molar-refractivity contribution in [2.75, 3.05) is 0 Å². The summed E-state index contributed by atoms with van der Waals surface area (Å²) in [6.45, 7) is 3.85. The third-order valence-electron chi connectivity index (χ3n) is 2.53. The smallest absolute Gasteiger partial charge is 0.500 e. The number of hydrazine groups is 1. The molecule has 1 saturated heterocycles. The lowest BCUT2D eigenvalue weighted by molar-refractivity contribution is -0.972. The summed E-state index contributed by atoms with van der Waals surface area (Å²) < 4.78 is 0. The van der Waals surface area contributed by atoms with E-state index in [1.807, 2.05) is 0 Å². The highest BCUT2D eigenvalue weighted by Gasteiger charge is 2.80. The fourth-order valence-corrected chi connectivity index (χ4v) is 1.07. The van der Waals surface area contributed by atoms with Crippen LogP contribution in [0.1, 0.15) is 20.8 Å². The Morgan fingerprint density at radius 1 is 1.42 bits per heavy atom. The molecule has 0 radical (unpaired) electrons. The number of nitroso groups, excluding NO2 is 1. The molecule has 0 aromatic heterocycles. The first-order chi connectivity index (χ1) is 5.26. The second-order valence-corrected chi connectivity index (χ2v) is 3.38. The minimum absolute atomic E-state index is 0.0653. The summed E-state index contributed by atoms with van der Waals surface area (Å²) in [7, 11) is 0. The summed E-state index contributed by atoms with van der Waals surface area (Å²) in [6, 6.07) is 0. The SMILES string of the molecule is CC1(C)N([O-])[N+](=O)C1(C)[N+](=O)[O-]. The van der Waals surface area contributed by atoms with Crippen molar-refractivity contribution in [2.24, 2.45) is 0 Å². The molecule has 0 saturated carbocycles. The van der Waals surface area contributed by atoms with Gasteiger partial charge >= 0.3 is 5.66 Å². The van der Waals surface area contributed by atoms with E-state index in [1.165, 1.54) is 13.8 Å². The lowest BCUT2D eigenvalue weighted by Crippen LogP contribution is -2.80. The molecule has 1 aliphatic rings. The maximum absolute atomic E-state index is 10.8. The molecule has 1 aliphatic heterocycles. The zero-order valence-corrected chi connectivity index (χ0v) is 6.97. The Kier molecular flexibility index (Phi) is 1.42. The fourth-order valence-electron chi connectivity index (χ4n) is 1.07.